The van der Waals surface area contributed by atoms with Gasteiger partial charge in [0.25, 0.3) is 0 Å². The van der Waals surface area contributed by atoms with E-state index in [0.29, 0.717) is 5.56 Å². The smallest absolute Gasteiger partial charge is 0.343 e. The number of carbonyl (C=O) groups is 1. The SMILES string of the molecule is Cc1ccc(C(=O)Oc2cc(Cl)cc(/C=N/C(O)C(C)C)c2O)cc1. The van der Waals surface area contributed by atoms with E-state index in [2.05, 4.69) is 4.99 Å². The van der Waals surface area contributed by atoms with Gasteiger partial charge < -0.3 is 14.9 Å². The van der Waals surface area contributed by atoms with Crippen LogP contribution in [-0.2, 0) is 0 Å². The number of hydrogen-bond acceptors (Lipinski definition) is 5. The van der Waals surface area contributed by atoms with Crippen LogP contribution < -0.4 is 4.74 Å². The summed E-state index contributed by atoms with van der Waals surface area (Å²) in [5.41, 5.74) is 1.62. The van der Waals surface area contributed by atoms with Crippen molar-refractivity contribution >= 4 is 23.8 Å². The Hall–Kier alpha value is -2.37. The number of benzene rings is 2. The predicted octanol–water partition coefficient (Wildman–Crippen LogP) is 3.97. The third-order valence-corrected chi connectivity index (χ3v) is 3.74. The lowest BCUT2D eigenvalue weighted by Crippen LogP contribution is -2.11. The lowest BCUT2D eigenvalue weighted by Gasteiger charge is -2.11. The average Bonchev–Trinajstić information content (AvgIpc) is 2.56. The van der Waals surface area contributed by atoms with Crippen LogP contribution in [0.5, 0.6) is 11.5 Å². The molecule has 0 aliphatic rings. The lowest BCUT2D eigenvalue weighted by molar-refractivity contribution is 0.0729. The molecular formula is C19H20ClNO4. The third-order valence-electron chi connectivity index (χ3n) is 3.52. The number of phenolic OH excluding ortho intramolecular Hbond substituents is 1. The maximum atomic E-state index is 12.2. The molecule has 25 heavy (non-hydrogen) atoms. The van der Waals surface area contributed by atoms with E-state index in [4.69, 9.17) is 16.3 Å². The molecule has 0 heterocycles. The van der Waals surface area contributed by atoms with E-state index in [-0.39, 0.29) is 28.0 Å². The van der Waals surface area contributed by atoms with Crippen molar-refractivity contribution in [1.82, 2.24) is 0 Å². The summed E-state index contributed by atoms with van der Waals surface area (Å²) in [6, 6.07) is 9.68. The van der Waals surface area contributed by atoms with Crippen LogP contribution in [-0.4, -0.2) is 28.6 Å². The molecule has 0 saturated heterocycles. The van der Waals surface area contributed by atoms with E-state index >= 15 is 0 Å². The fourth-order valence-electron chi connectivity index (χ4n) is 1.95. The van der Waals surface area contributed by atoms with Crippen LogP contribution in [0.3, 0.4) is 0 Å². The van der Waals surface area contributed by atoms with E-state index in [0.717, 1.165) is 5.56 Å². The summed E-state index contributed by atoms with van der Waals surface area (Å²) in [7, 11) is 0. The second-order valence-electron chi connectivity index (χ2n) is 6.03. The number of rotatable bonds is 5. The van der Waals surface area contributed by atoms with E-state index in [1.165, 1.54) is 18.3 Å². The quantitative estimate of drug-likeness (QED) is 0.480. The Kier molecular flexibility index (Phi) is 6.17. The van der Waals surface area contributed by atoms with Gasteiger partial charge in [0.05, 0.1) is 5.56 Å². The molecule has 0 aliphatic carbocycles. The Morgan fingerprint density at radius 1 is 1.24 bits per heavy atom. The van der Waals surface area contributed by atoms with Crippen molar-refractivity contribution in [2.75, 3.05) is 0 Å². The maximum absolute atomic E-state index is 12.2. The molecule has 2 aromatic carbocycles. The largest absolute Gasteiger partial charge is 0.504 e. The lowest BCUT2D eigenvalue weighted by atomic mass is 10.1. The first-order valence-electron chi connectivity index (χ1n) is 7.80. The third kappa shape index (κ3) is 5.05. The van der Waals surface area contributed by atoms with Crippen molar-refractivity contribution in [3.63, 3.8) is 0 Å². The molecule has 5 nitrogen and oxygen atoms in total. The van der Waals surface area contributed by atoms with Crippen molar-refractivity contribution in [2.45, 2.75) is 27.0 Å². The zero-order chi connectivity index (χ0) is 18.6. The topological polar surface area (TPSA) is 79.1 Å². The number of ether oxygens (including phenoxy) is 1. The van der Waals surface area contributed by atoms with Gasteiger partial charge in [0.15, 0.2) is 11.5 Å². The molecule has 0 bridgehead atoms. The highest BCUT2D eigenvalue weighted by molar-refractivity contribution is 6.31. The Morgan fingerprint density at radius 2 is 1.88 bits per heavy atom. The summed E-state index contributed by atoms with van der Waals surface area (Å²) in [5.74, 6) is -1.03. The van der Waals surface area contributed by atoms with Gasteiger partial charge in [0.1, 0.15) is 6.23 Å². The number of esters is 1. The molecule has 2 aromatic rings. The summed E-state index contributed by atoms with van der Waals surface area (Å²) in [5, 5.41) is 20.3. The molecule has 0 saturated carbocycles. The van der Waals surface area contributed by atoms with Gasteiger partial charge in [-0.3, -0.25) is 4.99 Å². The van der Waals surface area contributed by atoms with Gasteiger partial charge in [-0.2, -0.15) is 0 Å². The summed E-state index contributed by atoms with van der Waals surface area (Å²) in [6.45, 7) is 5.54. The standard InChI is InChI=1S/C19H20ClNO4/c1-11(2)18(23)21-10-14-8-15(20)9-16(17(14)22)25-19(24)13-6-4-12(3)5-7-13/h4-11,18,22-23H,1-3H3/b21-10+. The van der Waals surface area contributed by atoms with Gasteiger partial charge in [-0.1, -0.05) is 43.1 Å². The average molecular weight is 362 g/mol. The van der Waals surface area contributed by atoms with Gasteiger partial charge in [0.2, 0.25) is 0 Å². The summed E-state index contributed by atoms with van der Waals surface area (Å²) in [6.07, 6.45) is 0.395. The van der Waals surface area contributed by atoms with Gasteiger partial charge >= 0.3 is 5.97 Å². The van der Waals surface area contributed by atoms with Gasteiger partial charge in [-0.25, -0.2) is 4.79 Å². The van der Waals surface area contributed by atoms with E-state index in [1.807, 2.05) is 20.8 Å². The number of halogens is 1. The number of nitrogens with zero attached hydrogens (tertiary/aromatic N) is 1. The monoisotopic (exact) mass is 361 g/mol. The van der Waals surface area contributed by atoms with Crippen LogP contribution in [0.15, 0.2) is 41.4 Å². The molecule has 6 heteroatoms. The number of carbonyl (C=O) groups excluding carboxylic acids is 1. The number of aliphatic hydroxyl groups excluding tert-OH is 1. The van der Waals surface area contributed by atoms with Crippen LogP contribution in [0.2, 0.25) is 5.02 Å². The maximum Gasteiger partial charge on any atom is 0.343 e. The first kappa shape index (κ1) is 19.0. The molecule has 0 spiro atoms. The van der Waals surface area contributed by atoms with Crippen molar-refractivity contribution in [1.29, 1.82) is 0 Å². The number of aliphatic hydroxyl groups is 1. The minimum atomic E-state index is -0.906. The molecule has 0 aromatic heterocycles. The number of aryl methyl sites for hydroxylation is 1. The fourth-order valence-corrected chi connectivity index (χ4v) is 2.16. The van der Waals surface area contributed by atoms with E-state index < -0.39 is 12.2 Å². The Bertz CT molecular complexity index is 785. The fraction of sp³-hybridized carbons (Fsp3) is 0.263. The Balaban J connectivity index is 2.26. The molecule has 2 N–H and O–H groups in total. The second-order valence-corrected chi connectivity index (χ2v) is 6.47. The van der Waals surface area contributed by atoms with Crippen LogP contribution in [0.1, 0.15) is 35.3 Å². The van der Waals surface area contributed by atoms with Gasteiger partial charge in [0, 0.05) is 22.9 Å². The Morgan fingerprint density at radius 3 is 2.48 bits per heavy atom. The molecule has 1 unspecified atom stereocenters. The van der Waals surface area contributed by atoms with E-state index in [1.54, 1.807) is 24.3 Å². The molecule has 1 atom stereocenters. The zero-order valence-electron chi connectivity index (χ0n) is 14.2. The number of aromatic hydroxyl groups is 1. The first-order chi connectivity index (χ1) is 11.8. The number of aliphatic imine (C=N–C) groups is 1. The van der Waals surface area contributed by atoms with Crippen LogP contribution >= 0.6 is 11.6 Å². The summed E-state index contributed by atoms with van der Waals surface area (Å²) >= 11 is 6.02. The van der Waals surface area contributed by atoms with Gasteiger partial charge in [-0.05, 0) is 31.0 Å². The minimum absolute atomic E-state index is 0.0708. The second kappa shape index (κ2) is 8.14. The molecule has 0 fully saturated rings. The van der Waals surface area contributed by atoms with Crippen LogP contribution in [0.25, 0.3) is 0 Å². The van der Waals surface area contributed by atoms with Crippen LogP contribution in [0, 0.1) is 12.8 Å². The molecule has 0 aliphatic heterocycles. The molecule has 2 rings (SSSR count). The van der Waals surface area contributed by atoms with Crippen molar-refractivity contribution < 1.29 is 19.7 Å². The summed E-state index contributed by atoms with van der Waals surface area (Å²) in [4.78, 5) is 16.2. The molecule has 132 valence electrons. The normalized spacial score (nSPS) is 12.6. The van der Waals surface area contributed by atoms with Gasteiger partial charge in [-0.15, -0.1) is 0 Å². The predicted molar refractivity (Wildman–Crippen MR) is 97.7 cm³/mol. The molecule has 0 amide bonds. The zero-order valence-corrected chi connectivity index (χ0v) is 15.0. The highest BCUT2D eigenvalue weighted by atomic mass is 35.5. The molecular weight excluding hydrogens is 342 g/mol. The van der Waals surface area contributed by atoms with Crippen molar-refractivity contribution in [2.24, 2.45) is 10.9 Å². The van der Waals surface area contributed by atoms with Crippen LogP contribution in [0.4, 0.5) is 0 Å². The highest BCUT2D eigenvalue weighted by Gasteiger charge is 2.15. The van der Waals surface area contributed by atoms with Crippen molar-refractivity contribution in [3.8, 4) is 11.5 Å². The van der Waals surface area contributed by atoms with E-state index in [9.17, 15) is 15.0 Å². The highest BCUT2D eigenvalue weighted by Crippen LogP contribution is 2.33. The Labute approximate surface area is 151 Å². The molecule has 0 radical (unpaired) electrons. The van der Waals surface area contributed by atoms with Crippen molar-refractivity contribution in [3.05, 3.63) is 58.1 Å². The number of hydrogen-bond donors (Lipinski definition) is 2. The summed E-state index contributed by atoms with van der Waals surface area (Å²) < 4.78 is 5.25. The number of phenols is 1. The first-order valence-corrected chi connectivity index (χ1v) is 8.18. The minimum Gasteiger partial charge on any atom is -0.504 e.